The summed E-state index contributed by atoms with van der Waals surface area (Å²) in [5, 5.41) is 3.85. The van der Waals surface area contributed by atoms with Gasteiger partial charge >= 0.3 is 6.03 Å². The molecule has 0 saturated carbocycles. The van der Waals surface area contributed by atoms with Crippen molar-refractivity contribution >= 4 is 34.8 Å². The number of hydrogen-bond donors (Lipinski definition) is 1. The predicted octanol–water partition coefficient (Wildman–Crippen LogP) is 1.49. The van der Waals surface area contributed by atoms with E-state index in [-0.39, 0.29) is 18.9 Å². The molecule has 1 aliphatic heterocycles. The van der Waals surface area contributed by atoms with Gasteiger partial charge in [0.25, 0.3) is 0 Å². The molecule has 1 aliphatic rings. The smallest absolute Gasteiger partial charge is 0.298 e. The Morgan fingerprint density at radius 1 is 1.25 bits per heavy atom. The van der Waals surface area contributed by atoms with Crippen molar-refractivity contribution in [2.45, 2.75) is 6.42 Å². The zero-order chi connectivity index (χ0) is 14.1. The van der Waals surface area contributed by atoms with Crippen LogP contribution < -0.4 is 10.2 Å². The minimum absolute atomic E-state index is 0.233. The van der Waals surface area contributed by atoms with Crippen molar-refractivity contribution in [3.63, 3.8) is 0 Å². The van der Waals surface area contributed by atoms with Gasteiger partial charge in [0, 0.05) is 30.1 Å². The van der Waals surface area contributed by atoms with E-state index in [1.54, 1.807) is 30.5 Å². The number of urea groups is 1. The van der Waals surface area contributed by atoms with Crippen LogP contribution in [0.25, 0.3) is 10.8 Å². The summed E-state index contributed by atoms with van der Waals surface area (Å²) in [5.74, 6) is 0.163. The Morgan fingerprint density at radius 2 is 2.10 bits per heavy atom. The Balaban J connectivity index is 2.13. The first kappa shape index (κ1) is 12.3. The van der Waals surface area contributed by atoms with Crippen LogP contribution in [0.4, 0.5) is 10.6 Å². The molecule has 0 bridgehead atoms. The van der Waals surface area contributed by atoms with Crippen molar-refractivity contribution in [3.05, 3.63) is 36.0 Å². The number of carbonyl (C=O) groups excluding carboxylic acids is 3. The summed E-state index contributed by atoms with van der Waals surface area (Å²) in [7, 11) is 0. The van der Waals surface area contributed by atoms with Crippen LogP contribution in [0, 0.1) is 0 Å². The molecule has 0 aliphatic carbocycles. The molecule has 0 radical (unpaired) electrons. The van der Waals surface area contributed by atoms with Gasteiger partial charge in [-0.05, 0) is 17.5 Å². The highest BCUT2D eigenvalue weighted by Gasteiger charge is 2.26. The van der Waals surface area contributed by atoms with Gasteiger partial charge in [-0.25, -0.2) is 9.78 Å². The van der Waals surface area contributed by atoms with Crippen LogP contribution in [0.5, 0.6) is 0 Å². The van der Waals surface area contributed by atoms with Gasteiger partial charge in [0.15, 0.2) is 0 Å². The molecule has 6 nitrogen and oxygen atoms in total. The summed E-state index contributed by atoms with van der Waals surface area (Å²) in [6.07, 6.45) is 2.58. The molecule has 0 spiro atoms. The quantitative estimate of drug-likeness (QED) is 0.838. The van der Waals surface area contributed by atoms with Crippen LogP contribution in [0.15, 0.2) is 30.5 Å². The van der Waals surface area contributed by atoms with E-state index in [0.717, 1.165) is 11.7 Å². The van der Waals surface area contributed by atoms with Crippen LogP contribution in [-0.4, -0.2) is 29.8 Å². The van der Waals surface area contributed by atoms with Gasteiger partial charge in [0.2, 0.25) is 5.91 Å². The number of rotatable bonds is 2. The van der Waals surface area contributed by atoms with E-state index in [1.807, 2.05) is 0 Å². The van der Waals surface area contributed by atoms with E-state index < -0.39 is 6.03 Å². The molecule has 1 fully saturated rings. The third-order valence-electron chi connectivity index (χ3n) is 3.21. The molecule has 1 aromatic carbocycles. The number of aromatic nitrogens is 1. The number of imide groups is 1. The molecule has 0 unspecified atom stereocenters. The van der Waals surface area contributed by atoms with Crippen molar-refractivity contribution in [2.24, 2.45) is 0 Å². The number of pyridine rings is 1. The zero-order valence-corrected chi connectivity index (χ0v) is 10.5. The summed E-state index contributed by atoms with van der Waals surface area (Å²) >= 11 is 0. The average molecular weight is 269 g/mol. The highest BCUT2D eigenvalue weighted by Crippen LogP contribution is 2.26. The number of nitrogens with zero attached hydrogens (tertiary/aromatic N) is 2. The molecular formula is C14H11N3O3. The SMILES string of the molecule is O=Cc1ccc2ccnc(N3CCC(=O)NC3=O)c2c1. The van der Waals surface area contributed by atoms with Crippen LogP contribution in [0.3, 0.4) is 0 Å². The third-order valence-corrected chi connectivity index (χ3v) is 3.21. The van der Waals surface area contributed by atoms with E-state index in [1.165, 1.54) is 4.90 Å². The summed E-state index contributed by atoms with van der Waals surface area (Å²) in [6, 6.07) is 6.52. The molecule has 2 heterocycles. The van der Waals surface area contributed by atoms with E-state index in [9.17, 15) is 14.4 Å². The molecule has 1 N–H and O–H groups in total. The first-order valence-corrected chi connectivity index (χ1v) is 6.14. The molecule has 3 amide bonds. The van der Waals surface area contributed by atoms with E-state index in [0.29, 0.717) is 16.8 Å². The van der Waals surface area contributed by atoms with Gasteiger partial charge in [0.05, 0.1) is 0 Å². The van der Waals surface area contributed by atoms with Crippen molar-refractivity contribution in [2.75, 3.05) is 11.4 Å². The Morgan fingerprint density at radius 3 is 2.85 bits per heavy atom. The third kappa shape index (κ3) is 2.01. The van der Waals surface area contributed by atoms with Crippen LogP contribution >= 0.6 is 0 Å². The minimum Gasteiger partial charge on any atom is -0.298 e. The second-order valence-electron chi connectivity index (χ2n) is 4.49. The molecule has 2 aromatic rings. The summed E-state index contributed by atoms with van der Waals surface area (Å²) < 4.78 is 0. The Kier molecular flexibility index (Phi) is 2.90. The Hall–Kier alpha value is -2.76. The lowest BCUT2D eigenvalue weighted by atomic mass is 10.1. The lowest BCUT2D eigenvalue weighted by Crippen LogP contribution is -2.50. The maximum absolute atomic E-state index is 11.9. The fourth-order valence-electron chi connectivity index (χ4n) is 2.23. The molecular weight excluding hydrogens is 258 g/mol. The zero-order valence-electron chi connectivity index (χ0n) is 10.5. The molecule has 20 heavy (non-hydrogen) atoms. The molecule has 100 valence electrons. The van der Waals surface area contributed by atoms with E-state index >= 15 is 0 Å². The predicted molar refractivity (Wildman–Crippen MR) is 72.6 cm³/mol. The summed E-state index contributed by atoms with van der Waals surface area (Å²) in [4.78, 5) is 39.6. The second kappa shape index (κ2) is 4.73. The molecule has 0 atom stereocenters. The van der Waals surface area contributed by atoms with Crippen LogP contribution in [0.2, 0.25) is 0 Å². The normalized spacial score (nSPS) is 15.3. The highest BCUT2D eigenvalue weighted by atomic mass is 16.2. The second-order valence-corrected chi connectivity index (χ2v) is 4.49. The van der Waals surface area contributed by atoms with Crippen molar-refractivity contribution in [1.29, 1.82) is 0 Å². The highest BCUT2D eigenvalue weighted by molar-refractivity contribution is 6.09. The van der Waals surface area contributed by atoms with Gasteiger partial charge in [0.1, 0.15) is 12.1 Å². The maximum Gasteiger partial charge on any atom is 0.329 e. The molecule has 3 rings (SSSR count). The topological polar surface area (TPSA) is 79.4 Å². The summed E-state index contributed by atoms with van der Waals surface area (Å²) in [5.41, 5.74) is 0.514. The van der Waals surface area contributed by atoms with Crippen LogP contribution in [-0.2, 0) is 4.79 Å². The maximum atomic E-state index is 11.9. The first-order chi connectivity index (χ1) is 9.69. The van der Waals surface area contributed by atoms with Gasteiger partial charge in [-0.1, -0.05) is 12.1 Å². The van der Waals surface area contributed by atoms with Crippen molar-refractivity contribution in [1.82, 2.24) is 10.3 Å². The first-order valence-electron chi connectivity index (χ1n) is 6.14. The van der Waals surface area contributed by atoms with Gasteiger partial charge < -0.3 is 0 Å². The fraction of sp³-hybridized carbons (Fsp3) is 0.143. The molecule has 6 heteroatoms. The van der Waals surface area contributed by atoms with Crippen molar-refractivity contribution < 1.29 is 14.4 Å². The number of benzene rings is 1. The largest absolute Gasteiger partial charge is 0.329 e. The van der Waals surface area contributed by atoms with Crippen molar-refractivity contribution in [3.8, 4) is 0 Å². The minimum atomic E-state index is -0.488. The number of anilines is 1. The van der Waals surface area contributed by atoms with E-state index in [4.69, 9.17) is 0 Å². The number of aldehydes is 1. The van der Waals surface area contributed by atoms with Gasteiger partial charge in [-0.2, -0.15) is 0 Å². The van der Waals surface area contributed by atoms with E-state index in [2.05, 4.69) is 10.3 Å². The lowest BCUT2D eigenvalue weighted by molar-refractivity contribution is -0.120. The Labute approximate surface area is 114 Å². The number of carbonyl (C=O) groups is 3. The number of nitrogens with one attached hydrogen (secondary N) is 1. The summed E-state index contributed by atoms with van der Waals surface area (Å²) in [6.45, 7) is 0.280. The standard InChI is InChI=1S/C14H11N3O3/c18-8-9-1-2-10-3-5-15-13(11(10)7-9)17-6-4-12(19)16-14(17)20/h1-3,5,7-8H,4,6H2,(H,16,19,20). The van der Waals surface area contributed by atoms with Crippen LogP contribution in [0.1, 0.15) is 16.8 Å². The van der Waals surface area contributed by atoms with Gasteiger partial charge in [-0.3, -0.25) is 19.8 Å². The Bertz CT molecular complexity index is 727. The number of hydrogen-bond acceptors (Lipinski definition) is 4. The average Bonchev–Trinajstić information content (AvgIpc) is 2.46. The lowest BCUT2D eigenvalue weighted by Gasteiger charge is -2.26. The monoisotopic (exact) mass is 269 g/mol. The molecule has 1 saturated heterocycles. The van der Waals surface area contributed by atoms with Gasteiger partial charge in [-0.15, -0.1) is 0 Å². The number of fused-ring (bicyclic) bond motifs is 1. The fourth-order valence-corrected chi connectivity index (χ4v) is 2.23. The molecule has 1 aromatic heterocycles. The number of amides is 3.